The summed E-state index contributed by atoms with van der Waals surface area (Å²) >= 11 is 0. The van der Waals surface area contributed by atoms with Gasteiger partial charge in [-0.25, -0.2) is 0 Å². The standard InChI is InChI=1S/C15H23NO3/c1-5-11-6-7-13(19-4)12(8-11)15(2,3)10-16-14(18)9-17/h6-8,17H,5,9-10H2,1-4H3,(H,16,18). The number of aliphatic hydroxyl groups excluding tert-OH is 1. The molecule has 0 fully saturated rings. The smallest absolute Gasteiger partial charge is 0.245 e. The minimum absolute atomic E-state index is 0.263. The molecule has 0 radical (unpaired) electrons. The number of amides is 1. The second-order valence-electron chi connectivity index (χ2n) is 5.21. The summed E-state index contributed by atoms with van der Waals surface area (Å²) in [5.74, 6) is 0.458. The van der Waals surface area contributed by atoms with E-state index in [9.17, 15) is 4.79 Å². The maximum atomic E-state index is 11.2. The normalized spacial score (nSPS) is 11.2. The fourth-order valence-electron chi connectivity index (χ4n) is 1.97. The molecule has 0 spiro atoms. The van der Waals surface area contributed by atoms with E-state index in [0.717, 1.165) is 17.7 Å². The monoisotopic (exact) mass is 265 g/mol. The second-order valence-corrected chi connectivity index (χ2v) is 5.21. The fourth-order valence-corrected chi connectivity index (χ4v) is 1.97. The van der Waals surface area contributed by atoms with Gasteiger partial charge in [0.1, 0.15) is 12.4 Å². The van der Waals surface area contributed by atoms with E-state index in [4.69, 9.17) is 9.84 Å². The highest BCUT2D eigenvalue weighted by Crippen LogP contribution is 2.32. The zero-order chi connectivity index (χ0) is 14.5. The highest BCUT2D eigenvalue weighted by molar-refractivity contribution is 5.77. The number of aryl methyl sites for hydroxylation is 1. The third-order valence-electron chi connectivity index (χ3n) is 3.27. The molecule has 1 amide bonds. The topological polar surface area (TPSA) is 58.6 Å². The molecule has 0 aliphatic heterocycles. The van der Waals surface area contributed by atoms with Crippen molar-refractivity contribution in [3.05, 3.63) is 29.3 Å². The predicted octanol–water partition coefficient (Wildman–Crippen LogP) is 1.64. The van der Waals surface area contributed by atoms with Gasteiger partial charge in [0.2, 0.25) is 5.91 Å². The van der Waals surface area contributed by atoms with Crippen molar-refractivity contribution in [2.75, 3.05) is 20.3 Å². The van der Waals surface area contributed by atoms with Crippen LogP contribution in [0.25, 0.3) is 0 Å². The highest BCUT2D eigenvalue weighted by atomic mass is 16.5. The van der Waals surface area contributed by atoms with Crippen molar-refractivity contribution in [3.63, 3.8) is 0 Å². The molecule has 0 saturated carbocycles. The van der Waals surface area contributed by atoms with Crippen molar-refractivity contribution in [2.24, 2.45) is 0 Å². The zero-order valence-electron chi connectivity index (χ0n) is 12.1. The number of methoxy groups -OCH3 is 1. The van der Waals surface area contributed by atoms with Crippen LogP contribution in [-0.4, -0.2) is 31.3 Å². The molecule has 0 aromatic heterocycles. The average Bonchev–Trinajstić information content (AvgIpc) is 2.43. The van der Waals surface area contributed by atoms with Gasteiger partial charge >= 0.3 is 0 Å². The number of carbonyl (C=O) groups excluding carboxylic acids is 1. The van der Waals surface area contributed by atoms with Crippen molar-refractivity contribution >= 4 is 5.91 Å². The zero-order valence-corrected chi connectivity index (χ0v) is 12.1. The van der Waals surface area contributed by atoms with Crippen LogP contribution in [0.5, 0.6) is 5.75 Å². The van der Waals surface area contributed by atoms with Gasteiger partial charge in [-0.05, 0) is 18.1 Å². The first-order valence-electron chi connectivity index (χ1n) is 6.49. The van der Waals surface area contributed by atoms with E-state index in [1.807, 2.05) is 26.0 Å². The Kier molecular flexibility index (Phi) is 5.36. The summed E-state index contributed by atoms with van der Waals surface area (Å²) in [5.41, 5.74) is 2.03. The number of rotatable bonds is 6. The van der Waals surface area contributed by atoms with Gasteiger partial charge in [-0.1, -0.05) is 32.9 Å². The van der Waals surface area contributed by atoms with Gasteiger partial charge in [0, 0.05) is 17.5 Å². The Morgan fingerprint density at radius 2 is 2.11 bits per heavy atom. The van der Waals surface area contributed by atoms with Crippen LogP contribution in [-0.2, 0) is 16.6 Å². The SMILES string of the molecule is CCc1ccc(OC)c(C(C)(C)CNC(=O)CO)c1. The molecule has 0 heterocycles. The van der Waals surface area contributed by atoms with Gasteiger partial charge in [-0.3, -0.25) is 4.79 Å². The molecule has 0 aliphatic carbocycles. The molecule has 1 aromatic rings. The van der Waals surface area contributed by atoms with Crippen LogP contribution in [0.4, 0.5) is 0 Å². The molecule has 4 nitrogen and oxygen atoms in total. The first-order chi connectivity index (χ1) is 8.94. The summed E-state index contributed by atoms with van der Waals surface area (Å²) in [6, 6.07) is 6.12. The molecule has 1 aromatic carbocycles. The van der Waals surface area contributed by atoms with E-state index < -0.39 is 6.61 Å². The molecule has 0 saturated heterocycles. The van der Waals surface area contributed by atoms with Crippen molar-refractivity contribution < 1.29 is 14.6 Å². The molecule has 0 unspecified atom stereocenters. The average molecular weight is 265 g/mol. The summed E-state index contributed by atoms with van der Waals surface area (Å²) in [5, 5.41) is 11.5. The van der Waals surface area contributed by atoms with E-state index in [2.05, 4.69) is 18.3 Å². The molecule has 0 aliphatic rings. The van der Waals surface area contributed by atoms with Gasteiger partial charge < -0.3 is 15.2 Å². The number of nitrogens with one attached hydrogen (secondary N) is 1. The quantitative estimate of drug-likeness (QED) is 0.822. The maximum absolute atomic E-state index is 11.2. The number of hydrogen-bond acceptors (Lipinski definition) is 3. The Morgan fingerprint density at radius 3 is 2.63 bits per heavy atom. The van der Waals surface area contributed by atoms with Crippen LogP contribution < -0.4 is 10.1 Å². The Morgan fingerprint density at radius 1 is 1.42 bits per heavy atom. The molecule has 106 valence electrons. The van der Waals surface area contributed by atoms with Gasteiger partial charge in [0.25, 0.3) is 0 Å². The number of benzene rings is 1. The third kappa shape index (κ3) is 3.96. The van der Waals surface area contributed by atoms with Crippen molar-refractivity contribution in [3.8, 4) is 5.75 Å². The Hall–Kier alpha value is -1.55. The van der Waals surface area contributed by atoms with Crippen LogP contribution in [0.15, 0.2) is 18.2 Å². The second kappa shape index (κ2) is 6.57. The van der Waals surface area contributed by atoms with E-state index in [0.29, 0.717) is 6.54 Å². The van der Waals surface area contributed by atoms with E-state index >= 15 is 0 Å². The van der Waals surface area contributed by atoms with Gasteiger partial charge in [-0.2, -0.15) is 0 Å². The first kappa shape index (κ1) is 15.5. The summed E-state index contributed by atoms with van der Waals surface area (Å²) in [7, 11) is 1.65. The van der Waals surface area contributed by atoms with E-state index in [-0.39, 0.29) is 11.3 Å². The summed E-state index contributed by atoms with van der Waals surface area (Å²) in [6.45, 7) is 6.16. The lowest BCUT2D eigenvalue weighted by atomic mass is 9.82. The Balaban J connectivity index is 3.00. The molecule has 1 rings (SSSR count). The summed E-state index contributed by atoms with van der Waals surface area (Å²) < 4.78 is 5.40. The van der Waals surface area contributed by atoms with Crippen LogP contribution >= 0.6 is 0 Å². The maximum Gasteiger partial charge on any atom is 0.245 e. The largest absolute Gasteiger partial charge is 0.496 e. The Labute approximate surface area is 114 Å². The van der Waals surface area contributed by atoms with E-state index in [1.54, 1.807) is 7.11 Å². The van der Waals surface area contributed by atoms with Crippen LogP contribution in [0.3, 0.4) is 0 Å². The summed E-state index contributed by atoms with van der Waals surface area (Å²) in [4.78, 5) is 11.2. The molecule has 4 heteroatoms. The fraction of sp³-hybridized carbons (Fsp3) is 0.533. The number of carbonyl (C=O) groups is 1. The van der Waals surface area contributed by atoms with Crippen LogP contribution in [0, 0.1) is 0 Å². The minimum atomic E-state index is -0.484. The highest BCUT2D eigenvalue weighted by Gasteiger charge is 2.25. The van der Waals surface area contributed by atoms with E-state index in [1.165, 1.54) is 5.56 Å². The molecular weight excluding hydrogens is 242 g/mol. The van der Waals surface area contributed by atoms with Crippen molar-refractivity contribution in [1.82, 2.24) is 5.32 Å². The van der Waals surface area contributed by atoms with Crippen LogP contribution in [0.2, 0.25) is 0 Å². The van der Waals surface area contributed by atoms with Crippen molar-refractivity contribution in [2.45, 2.75) is 32.6 Å². The molecule has 0 atom stereocenters. The van der Waals surface area contributed by atoms with Gasteiger partial charge in [-0.15, -0.1) is 0 Å². The number of hydrogen-bond donors (Lipinski definition) is 2. The lowest BCUT2D eigenvalue weighted by Crippen LogP contribution is -2.38. The van der Waals surface area contributed by atoms with Crippen LogP contribution in [0.1, 0.15) is 31.9 Å². The van der Waals surface area contributed by atoms with Gasteiger partial charge in [0.05, 0.1) is 7.11 Å². The lowest BCUT2D eigenvalue weighted by molar-refractivity contribution is -0.124. The summed E-state index contributed by atoms with van der Waals surface area (Å²) in [6.07, 6.45) is 0.954. The van der Waals surface area contributed by atoms with Gasteiger partial charge in [0.15, 0.2) is 0 Å². The molecule has 0 bridgehead atoms. The number of aliphatic hydroxyl groups is 1. The van der Waals surface area contributed by atoms with Crippen molar-refractivity contribution in [1.29, 1.82) is 0 Å². The minimum Gasteiger partial charge on any atom is -0.496 e. The predicted molar refractivity (Wildman–Crippen MR) is 75.5 cm³/mol. The first-order valence-corrected chi connectivity index (χ1v) is 6.49. The lowest BCUT2D eigenvalue weighted by Gasteiger charge is -2.28. The number of ether oxygens (including phenoxy) is 1. The third-order valence-corrected chi connectivity index (χ3v) is 3.27. The molecule has 19 heavy (non-hydrogen) atoms. The Bertz CT molecular complexity index is 441. The molecular formula is C15H23NO3. The molecule has 2 N–H and O–H groups in total.